The normalized spacial score (nSPS) is 21.5. The maximum absolute atomic E-state index is 4.49. The molecule has 108 valence electrons. The van der Waals surface area contributed by atoms with Gasteiger partial charge in [-0.3, -0.25) is 0 Å². The Morgan fingerprint density at radius 1 is 1.53 bits per heavy atom. The smallest absolute Gasteiger partial charge is 0.0940 e. The summed E-state index contributed by atoms with van der Waals surface area (Å²) in [7, 11) is 0. The lowest BCUT2D eigenvalue weighted by atomic mass is 9.85. The van der Waals surface area contributed by atoms with E-state index in [0.717, 1.165) is 37.0 Å². The lowest BCUT2D eigenvalue weighted by molar-refractivity contribution is 0.266. The average Bonchev–Trinajstić information content (AvgIpc) is 2.85. The molecule has 1 saturated heterocycles. The minimum atomic E-state index is 0.836. The van der Waals surface area contributed by atoms with Crippen molar-refractivity contribution in [2.75, 3.05) is 26.2 Å². The lowest BCUT2D eigenvalue weighted by Gasteiger charge is -2.28. The van der Waals surface area contributed by atoms with E-state index in [9.17, 15) is 0 Å². The van der Waals surface area contributed by atoms with Crippen LogP contribution in [0.2, 0.25) is 0 Å². The molecule has 0 spiro atoms. The van der Waals surface area contributed by atoms with E-state index in [-0.39, 0.29) is 0 Å². The van der Waals surface area contributed by atoms with Crippen LogP contribution in [0.1, 0.15) is 36.9 Å². The van der Waals surface area contributed by atoms with Gasteiger partial charge in [0.2, 0.25) is 0 Å². The first-order valence-electron chi connectivity index (χ1n) is 7.58. The summed E-state index contributed by atoms with van der Waals surface area (Å²) in [4.78, 5) is 4.49. The van der Waals surface area contributed by atoms with E-state index in [1.54, 1.807) is 11.3 Å². The van der Waals surface area contributed by atoms with Crippen molar-refractivity contribution in [3.63, 3.8) is 0 Å². The molecule has 1 aliphatic heterocycles. The quantitative estimate of drug-likeness (QED) is 0.754. The molecule has 2 rings (SSSR count). The molecule has 2 heterocycles. The van der Waals surface area contributed by atoms with Crippen LogP contribution in [0.25, 0.3) is 0 Å². The van der Waals surface area contributed by atoms with Crippen molar-refractivity contribution in [1.82, 2.24) is 15.6 Å². The van der Waals surface area contributed by atoms with Crippen LogP contribution in [0, 0.1) is 18.8 Å². The Morgan fingerprint density at radius 2 is 2.42 bits per heavy atom. The van der Waals surface area contributed by atoms with Gasteiger partial charge in [0, 0.05) is 24.0 Å². The van der Waals surface area contributed by atoms with Gasteiger partial charge in [0.05, 0.1) is 5.01 Å². The van der Waals surface area contributed by atoms with E-state index < -0.39 is 0 Å². The molecule has 19 heavy (non-hydrogen) atoms. The fourth-order valence-corrected chi connectivity index (χ4v) is 3.54. The highest BCUT2D eigenvalue weighted by atomic mass is 32.1. The predicted molar refractivity (Wildman–Crippen MR) is 82.8 cm³/mol. The fourth-order valence-electron chi connectivity index (χ4n) is 2.77. The molecule has 0 amide bonds. The number of aryl methyl sites for hydroxylation is 1. The van der Waals surface area contributed by atoms with E-state index in [2.05, 4.69) is 34.8 Å². The van der Waals surface area contributed by atoms with Crippen molar-refractivity contribution in [3.05, 3.63) is 16.1 Å². The molecule has 3 nitrogen and oxygen atoms in total. The minimum Gasteiger partial charge on any atom is -0.316 e. The molecule has 0 saturated carbocycles. The highest BCUT2D eigenvalue weighted by Gasteiger charge is 2.19. The highest BCUT2D eigenvalue weighted by Crippen LogP contribution is 2.21. The number of rotatable bonds is 7. The standard InChI is InChI=1S/C15H27N3S/c1-12(14-4-3-7-17-10-14)5-8-16-9-6-15-18-13(2)11-19-15/h11-12,14,16-17H,3-10H2,1-2H3. The maximum Gasteiger partial charge on any atom is 0.0940 e. The summed E-state index contributed by atoms with van der Waals surface area (Å²) in [5.74, 6) is 1.72. The van der Waals surface area contributed by atoms with Gasteiger partial charge >= 0.3 is 0 Å². The van der Waals surface area contributed by atoms with Crippen LogP contribution in [0.5, 0.6) is 0 Å². The number of aromatic nitrogens is 1. The molecule has 2 atom stereocenters. The van der Waals surface area contributed by atoms with Gasteiger partial charge in [0.1, 0.15) is 0 Å². The SMILES string of the molecule is Cc1csc(CCNCCC(C)C2CCCNC2)n1. The molecule has 2 N–H and O–H groups in total. The number of thiazole rings is 1. The zero-order valence-electron chi connectivity index (χ0n) is 12.2. The van der Waals surface area contributed by atoms with Crippen molar-refractivity contribution in [1.29, 1.82) is 0 Å². The number of hydrogen-bond acceptors (Lipinski definition) is 4. The lowest BCUT2D eigenvalue weighted by Crippen LogP contribution is -2.34. The first-order valence-corrected chi connectivity index (χ1v) is 8.46. The third-order valence-corrected chi connectivity index (χ3v) is 5.12. The van der Waals surface area contributed by atoms with Crippen molar-refractivity contribution in [3.8, 4) is 0 Å². The number of nitrogens with zero attached hydrogens (tertiary/aromatic N) is 1. The Morgan fingerprint density at radius 3 is 3.11 bits per heavy atom. The second-order valence-corrected chi connectivity index (χ2v) is 6.70. The largest absolute Gasteiger partial charge is 0.316 e. The third kappa shape index (κ3) is 5.21. The van der Waals surface area contributed by atoms with Gasteiger partial charge in [-0.1, -0.05) is 6.92 Å². The summed E-state index contributed by atoms with van der Waals surface area (Å²) < 4.78 is 0. The van der Waals surface area contributed by atoms with Crippen LogP contribution in [0.3, 0.4) is 0 Å². The zero-order chi connectivity index (χ0) is 13.5. The molecular weight excluding hydrogens is 254 g/mol. The van der Waals surface area contributed by atoms with Crippen molar-refractivity contribution < 1.29 is 0 Å². The molecule has 1 aromatic heterocycles. The monoisotopic (exact) mass is 281 g/mol. The van der Waals surface area contributed by atoms with Gasteiger partial charge in [0.15, 0.2) is 0 Å². The molecule has 1 aromatic rings. The van der Waals surface area contributed by atoms with Crippen LogP contribution < -0.4 is 10.6 Å². The van der Waals surface area contributed by atoms with E-state index in [1.165, 1.54) is 37.4 Å². The summed E-state index contributed by atoms with van der Waals surface area (Å²) in [5, 5.41) is 10.5. The second-order valence-electron chi connectivity index (χ2n) is 5.76. The number of nitrogens with one attached hydrogen (secondary N) is 2. The number of hydrogen-bond donors (Lipinski definition) is 2. The molecular formula is C15H27N3S. The highest BCUT2D eigenvalue weighted by molar-refractivity contribution is 7.09. The van der Waals surface area contributed by atoms with Crippen LogP contribution in [0.4, 0.5) is 0 Å². The molecule has 4 heteroatoms. The van der Waals surface area contributed by atoms with Crippen LogP contribution in [-0.2, 0) is 6.42 Å². The molecule has 1 fully saturated rings. The van der Waals surface area contributed by atoms with Crippen LogP contribution in [0.15, 0.2) is 5.38 Å². The summed E-state index contributed by atoms with van der Waals surface area (Å²) in [5.41, 5.74) is 1.15. The molecule has 0 radical (unpaired) electrons. The predicted octanol–water partition coefficient (Wildman–Crippen LogP) is 2.61. The molecule has 0 aliphatic carbocycles. The van der Waals surface area contributed by atoms with Gasteiger partial charge in [-0.15, -0.1) is 11.3 Å². The van der Waals surface area contributed by atoms with Crippen molar-refractivity contribution in [2.45, 2.75) is 39.5 Å². The summed E-state index contributed by atoms with van der Waals surface area (Å²) in [6.45, 7) is 9.11. The van der Waals surface area contributed by atoms with Crippen molar-refractivity contribution >= 4 is 11.3 Å². The Bertz CT molecular complexity index is 358. The van der Waals surface area contributed by atoms with E-state index >= 15 is 0 Å². The molecule has 0 bridgehead atoms. The van der Waals surface area contributed by atoms with Crippen molar-refractivity contribution in [2.24, 2.45) is 11.8 Å². The van der Waals surface area contributed by atoms with Gasteiger partial charge in [0.25, 0.3) is 0 Å². The van der Waals surface area contributed by atoms with E-state index in [4.69, 9.17) is 0 Å². The average molecular weight is 281 g/mol. The Labute approximate surface area is 121 Å². The zero-order valence-corrected chi connectivity index (χ0v) is 13.1. The Balaban J connectivity index is 1.53. The van der Waals surface area contributed by atoms with Gasteiger partial charge in [-0.2, -0.15) is 0 Å². The summed E-state index contributed by atoms with van der Waals surface area (Å²) in [6.07, 6.45) is 5.12. The molecule has 0 aromatic carbocycles. The van der Waals surface area contributed by atoms with Gasteiger partial charge in [-0.25, -0.2) is 4.98 Å². The fraction of sp³-hybridized carbons (Fsp3) is 0.800. The minimum absolute atomic E-state index is 0.836. The van der Waals surface area contributed by atoms with E-state index in [0.29, 0.717) is 0 Å². The maximum atomic E-state index is 4.49. The summed E-state index contributed by atoms with van der Waals surface area (Å²) >= 11 is 1.78. The topological polar surface area (TPSA) is 37.0 Å². The first-order chi connectivity index (χ1) is 9.25. The number of piperidine rings is 1. The van der Waals surface area contributed by atoms with Gasteiger partial charge < -0.3 is 10.6 Å². The Kier molecular flexibility index (Phi) is 6.28. The second kappa shape index (κ2) is 7.98. The third-order valence-electron chi connectivity index (χ3n) is 4.10. The summed E-state index contributed by atoms with van der Waals surface area (Å²) in [6, 6.07) is 0. The van der Waals surface area contributed by atoms with Crippen LogP contribution in [-0.4, -0.2) is 31.2 Å². The van der Waals surface area contributed by atoms with Gasteiger partial charge in [-0.05, 0) is 57.7 Å². The molecule has 2 unspecified atom stereocenters. The first kappa shape index (κ1) is 14.9. The van der Waals surface area contributed by atoms with E-state index in [1.807, 2.05) is 0 Å². The molecule has 1 aliphatic rings. The van der Waals surface area contributed by atoms with Crippen LogP contribution >= 0.6 is 11.3 Å². The Hall–Kier alpha value is -0.450.